The maximum atomic E-state index is 12.9. The zero-order chi connectivity index (χ0) is 23.9. The van der Waals surface area contributed by atoms with Gasteiger partial charge in [0.2, 0.25) is 0 Å². The van der Waals surface area contributed by atoms with E-state index in [4.69, 9.17) is 4.74 Å². The van der Waals surface area contributed by atoms with E-state index in [1.165, 1.54) is 11.3 Å². The number of benzene rings is 2. The van der Waals surface area contributed by atoms with Crippen molar-refractivity contribution < 1.29 is 9.53 Å². The molecule has 2 saturated heterocycles. The molecule has 2 fully saturated rings. The molecule has 0 spiro atoms. The van der Waals surface area contributed by atoms with Crippen LogP contribution in [-0.4, -0.2) is 92.7 Å². The summed E-state index contributed by atoms with van der Waals surface area (Å²) in [5.41, 5.74) is 3.27. The maximum Gasteiger partial charge on any atom is 0.253 e. The normalized spacial score (nSPS) is 17.9. The van der Waals surface area contributed by atoms with Gasteiger partial charge in [-0.25, -0.2) is 0 Å². The molecule has 0 aromatic heterocycles. The molecule has 2 aliphatic rings. The number of nitrogens with zero attached hydrogens (tertiary/aromatic N) is 4. The second-order valence-corrected chi connectivity index (χ2v) is 9.63. The highest BCUT2D eigenvalue weighted by molar-refractivity contribution is 5.94. The Balaban J connectivity index is 1.20. The van der Waals surface area contributed by atoms with Crippen molar-refractivity contribution in [2.75, 3.05) is 70.9 Å². The van der Waals surface area contributed by atoms with Crippen molar-refractivity contribution >= 4 is 11.6 Å². The van der Waals surface area contributed by atoms with Gasteiger partial charge in [-0.05, 0) is 69.8 Å². The fourth-order valence-electron chi connectivity index (χ4n) is 4.95. The zero-order valence-corrected chi connectivity index (χ0v) is 21.1. The van der Waals surface area contributed by atoms with Crippen LogP contribution in [0.1, 0.15) is 35.7 Å². The van der Waals surface area contributed by atoms with Gasteiger partial charge in [0.15, 0.2) is 0 Å². The second-order valence-electron chi connectivity index (χ2n) is 9.63. The minimum atomic E-state index is 0.162. The van der Waals surface area contributed by atoms with Crippen molar-refractivity contribution in [2.24, 2.45) is 0 Å². The quantitative estimate of drug-likeness (QED) is 0.595. The number of piperidine rings is 1. The van der Waals surface area contributed by atoms with Gasteiger partial charge in [-0.15, -0.1) is 0 Å². The summed E-state index contributed by atoms with van der Waals surface area (Å²) in [6, 6.07) is 17.1. The van der Waals surface area contributed by atoms with Crippen LogP contribution in [0.15, 0.2) is 48.5 Å². The number of amides is 1. The molecular formula is C28H40N4O2. The number of hydrogen-bond donors (Lipinski definition) is 0. The molecular weight excluding hydrogens is 424 g/mol. The summed E-state index contributed by atoms with van der Waals surface area (Å²) in [7, 11) is 2.21. The molecule has 1 amide bonds. The lowest BCUT2D eigenvalue weighted by Crippen LogP contribution is -2.48. The summed E-state index contributed by atoms with van der Waals surface area (Å²) >= 11 is 0. The molecule has 0 bridgehead atoms. The van der Waals surface area contributed by atoms with Crippen LogP contribution in [0.25, 0.3) is 0 Å². The minimum absolute atomic E-state index is 0.162. The smallest absolute Gasteiger partial charge is 0.253 e. The lowest BCUT2D eigenvalue weighted by Gasteiger charge is -2.38. The van der Waals surface area contributed by atoms with Crippen molar-refractivity contribution in [3.05, 3.63) is 59.7 Å². The van der Waals surface area contributed by atoms with Crippen LogP contribution in [0.3, 0.4) is 0 Å². The molecule has 184 valence electrons. The van der Waals surface area contributed by atoms with Gasteiger partial charge in [-0.1, -0.05) is 24.6 Å². The largest absolute Gasteiger partial charge is 0.492 e. The molecule has 2 aromatic rings. The average Bonchev–Trinajstić information content (AvgIpc) is 2.89. The van der Waals surface area contributed by atoms with Crippen LogP contribution in [-0.2, 0) is 0 Å². The van der Waals surface area contributed by atoms with Crippen LogP contribution in [0.2, 0.25) is 0 Å². The molecule has 2 aromatic carbocycles. The van der Waals surface area contributed by atoms with E-state index in [0.29, 0.717) is 12.6 Å². The van der Waals surface area contributed by atoms with Gasteiger partial charge in [0.25, 0.3) is 5.91 Å². The number of anilines is 1. The van der Waals surface area contributed by atoms with Gasteiger partial charge in [0, 0.05) is 63.1 Å². The van der Waals surface area contributed by atoms with Crippen molar-refractivity contribution in [2.45, 2.75) is 32.7 Å². The van der Waals surface area contributed by atoms with E-state index < -0.39 is 0 Å². The van der Waals surface area contributed by atoms with Crippen LogP contribution in [0.5, 0.6) is 5.75 Å². The third-order valence-electron chi connectivity index (χ3n) is 7.41. The Morgan fingerprint density at radius 2 is 1.59 bits per heavy atom. The van der Waals surface area contributed by atoms with E-state index in [1.54, 1.807) is 0 Å². The van der Waals surface area contributed by atoms with Crippen molar-refractivity contribution in [1.29, 1.82) is 0 Å². The van der Waals surface area contributed by atoms with Crippen molar-refractivity contribution in [1.82, 2.24) is 14.7 Å². The van der Waals surface area contributed by atoms with Crippen LogP contribution in [0.4, 0.5) is 5.69 Å². The highest BCUT2D eigenvalue weighted by Gasteiger charge is 2.24. The zero-order valence-electron chi connectivity index (χ0n) is 21.1. The molecule has 0 aliphatic carbocycles. The predicted octanol–water partition coefficient (Wildman–Crippen LogP) is 3.75. The average molecular weight is 465 g/mol. The first-order valence-electron chi connectivity index (χ1n) is 12.8. The number of likely N-dealkylation sites (N-methyl/N-ethyl adjacent to an activating group) is 2. The molecule has 0 unspecified atom stereocenters. The fourth-order valence-corrected chi connectivity index (χ4v) is 4.95. The molecule has 0 saturated carbocycles. The summed E-state index contributed by atoms with van der Waals surface area (Å²) in [6.45, 7) is 12.7. The first-order valence-corrected chi connectivity index (χ1v) is 12.8. The Kier molecular flexibility index (Phi) is 8.46. The monoisotopic (exact) mass is 464 g/mol. The highest BCUT2D eigenvalue weighted by Crippen LogP contribution is 2.23. The summed E-state index contributed by atoms with van der Waals surface area (Å²) in [6.07, 6.45) is 2.28. The van der Waals surface area contributed by atoms with Gasteiger partial charge >= 0.3 is 0 Å². The molecule has 2 aliphatic heterocycles. The lowest BCUT2D eigenvalue weighted by atomic mass is 10.0. The van der Waals surface area contributed by atoms with E-state index in [2.05, 4.69) is 59.9 Å². The summed E-state index contributed by atoms with van der Waals surface area (Å²) < 4.78 is 5.91. The molecule has 6 heteroatoms. The van der Waals surface area contributed by atoms with Gasteiger partial charge in [0.1, 0.15) is 12.4 Å². The molecule has 6 nitrogen and oxygen atoms in total. The Labute approximate surface area is 205 Å². The Bertz CT molecular complexity index is 899. The van der Waals surface area contributed by atoms with E-state index in [0.717, 1.165) is 76.5 Å². The number of rotatable bonds is 8. The van der Waals surface area contributed by atoms with E-state index >= 15 is 0 Å². The lowest BCUT2D eigenvalue weighted by molar-refractivity contribution is 0.0643. The summed E-state index contributed by atoms with van der Waals surface area (Å²) in [5.74, 6) is 1.11. The number of carbonyl (C=O) groups is 1. The standard InChI is InChI=1S/C28H40N4O2/c1-4-30-17-19-32(20-18-30)28(33)24-7-9-26(10-8-24)31-15-13-25(14-16-31)29(3)21-22-34-27-11-5-23(2)6-12-27/h5-12,25H,4,13-22H2,1-3H3. The van der Waals surface area contributed by atoms with Crippen molar-refractivity contribution in [3.63, 3.8) is 0 Å². The molecule has 2 heterocycles. The Hall–Kier alpha value is -2.57. The van der Waals surface area contributed by atoms with Crippen LogP contribution < -0.4 is 9.64 Å². The summed E-state index contributed by atoms with van der Waals surface area (Å²) in [4.78, 5) is 22.1. The van der Waals surface area contributed by atoms with Crippen molar-refractivity contribution in [3.8, 4) is 5.75 Å². The predicted molar refractivity (Wildman–Crippen MR) is 139 cm³/mol. The Morgan fingerprint density at radius 1 is 0.941 bits per heavy atom. The van der Waals surface area contributed by atoms with E-state index in [-0.39, 0.29) is 5.91 Å². The number of ether oxygens (including phenoxy) is 1. The van der Waals surface area contributed by atoms with E-state index in [1.807, 2.05) is 29.2 Å². The van der Waals surface area contributed by atoms with Gasteiger partial charge in [-0.2, -0.15) is 0 Å². The first kappa shape index (κ1) is 24.6. The summed E-state index contributed by atoms with van der Waals surface area (Å²) in [5, 5.41) is 0. The SMILES string of the molecule is CCN1CCN(C(=O)c2ccc(N3CCC(N(C)CCOc4ccc(C)cc4)CC3)cc2)CC1. The molecule has 34 heavy (non-hydrogen) atoms. The van der Waals surface area contributed by atoms with Gasteiger partial charge in [0.05, 0.1) is 0 Å². The molecule has 0 N–H and O–H groups in total. The molecule has 0 atom stereocenters. The van der Waals surface area contributed by atoms with Gasteiger partial charge in [-0.3, -0.25) is 9.69 Å². The van der Waals surface area contributed by atoms with E-state index in [9.17, 15) is 4.79 Å². The number of aryl methyl sites for hydroxylation is 1. The maximum absolute atomic E-state index is 12.9. The first-order chi connectivity index (χ1) is 16.5. The van der Waals surface area contributed by atoms with Crippen LogP contribution >= 0.6 is 0 Å². The third kappa shape index (κ3) is 6.30. The minimum Gasteiger partial charge on any atom is -0.492 e. The number of piperazine rings is 1. The third-order valence-corrected chi connectivity index (χ3v) is 7.41. The highest BCUT2D eigenvalue weighted by atomic mass is 16.5. The second kappa shape index (κ2) is 11.7. The number of carbonyl (C=O) groups excluding carboxylic acids is 1. The Morgan fingerprint density at radius 3 is 2.21 bits per heavy atom. The number of hydrogen-bond acceptors (Lipinski definition) is 5. The molecule has 0 radical (unpaired) electrons. The van der Waals surface area contributed by atoms with Crippen LogP contribution in [0, 0.1) is 6.92 Å². The molecule has 4 rings (SSSR count). The topological polar surface area (TPSA) is 39.3 Å². The van der Waals surface area contributed by atoms with Gasteiger partial charge < -0.3 is 19.4 Å². The fraction of sp³-hybridized carbons (Fsp3) is 0.536.